The zero-order valence-corrected chi connectivity index (χ0v) is 9.80. The summed E-state index contributed by atoms with van der Waals surface area (Å²) in [6.45, 7) is 7.96. The van der Waals surface area contributed by atoms with Gasteiger partial charge in [0.15, 0.2) is 0 Å². The number of hydrogen-bond acceptors (Lipinski definition) is 2. The second-order valence-electron chi connectivity index (χ2n) is 4.59. The summed E-state index contributed by atoms with van der Waals surface area (Å²) in [7, 11) is 0. The molecule has 0 spiro atoms. The topological polar surface area (TPSA) is 34.1 Å². The van der Waals surface area contributed by atoms with Crippen LogP contribution in [-0.2, 0) is 9.59 Å². The molecule has 0 saturated heterocycles. The molecule has 0 fully saturated rings. The van der Waals surface area contributed by atoms with E-state index in [4.69, 9.17) is 0 Å². The van der Waals surface area contributed by atoms with Crippen LogP contribution in [0.5, 0.6) is 0 Å². The van der Waals surface area contributed by atoms with Gasteiger partial charge in [-0.3, -0.25) is 9.59 Å². The molecule has 14 heavy (non-hydrogen) atoms. The first-order valence-corrected chi connectivity index (χ1v) is 5.48. The normalized spacial score (nSPS) is 11.0. The molecule has 0 aromatic heterocycles. The van der Waals surface area contributed by atoms with E-state index in [1.165, 1.54) is 0 Å². The van der Waals surface area contributed by atoms with Gasteiger partial charge in [-0.25, -0.2) is 0 Å². The Hall–Kier alpha value is -0.660. The summed E-state index contributed by atoms with van der Waals surface area (Å²) in [5, 5.41) is 0. The van der Waals surface area contributed by atoms with Crippen LogP contribution in [0.25, 0.3) is 0 Å². The van der Waals surface area contributed by atoms with Crippen molar-refractivity contribution in [3.8, 4) is 0 Å². The van der Waals surface area contributed by atoms with Gasteiger partial charge in [0.25, 0.3) is 0 Å². The lowest BCUT2D eigenvalue weighted by Crippen LogP contribution is -2.10. The van der Waals surface area contributed by atoms with Gasteiger partial charge in [0.05, 0.1) is 0 Å². The Balaban J connectivity index is 3.59. The minimum absolute atomic E-state index is 0.0629. The first kappa shape index (κ1) is 13.3. The molecule has 0 heterocycles. The molecule has 0 aromatic rings. The Bertz CT molecular complexity index is 192. The lowest BCUT2D eigenvalue weighted by atomic mass is 9.99. The highest BCUT2D eigenvalue weighted by Crippen LogP contribution is 2.08. The van der Waals surface area contributed by atoms with Crippen molar-refractivity contribution in [2.24, 2.45) is 11.8 Å². The van der Waals surface area contributed by atoms with E-state index in [1.54, 1.807) is 0 Å². The molecule has 0 unspecified atom stereocenters. The Labute approximate surface area is 87.1 Å². The predicted octanol–water partition coefficient (Wildman–Crippen LogP) is 3.00. The van der Waals surface area contributed by atoms with E-state index in [1.807, 2.05) is 13.8 Å². The van der Waals surface area contributed by atoms with Gasteiger partial charge in [0.2, 0.25) is 0 Å². The largest absolute Gasteiger partial charge is 0.300 e. The molecule has 0 bridgehead atoms. The van der Waals surface area contributed by atoms with Crippen molar-refractivity contribution in [3.05, 3.63) is 0 Å². The first-order valence-electron chi connectivity index (χ1n) is 5.48. The Morgan fingerprint density at radius 3 is 1.93 bits per heavy atom. The quantitative estimate of drug-likeness (QED) is 0.630. The van der Waals surface area contributed by atoms with Crippen molar-refractivity contribution in [1.82, 2.24) is 0 Å². The molecule has 0 saturated carbocycles. The summed E-state index contributed by atoms with van der Waals surface area (Å²) in [6, 6.07) is 0. The summed E-state index contributed by atoms with van der Waals surface area (Å²) in [6.07, 6.45) is 2.43. The van der Waals surface area contributed by atoms with Crippen LogP contribution in [0.15, 0.2) is 0 Å². The number of ketones is 2. The molecule has 0 rings (SSSR count). The SMILES string of the molecule is CC(C)CCC(=O)CCC(=O)C(C)C. The van der Waals surface area contributed by atoms with Gasteiger partial charge in [-0.15, -0.1) is 0 Å². The zero-order chi connectivity index (χ0) is 11.1. The van der Waals surface area contributed by atoms with E-state index in [0.29, 0.717) is 25.2 Å². The number of hydrogen-bond donors (Lipinski definition) is 0. The van der Waals surface area contributed by atoms with Crippen molar-refractivity contribution < 1.29 is 9.59 Å². The monoisotopic (exact) mass is 198 g/mol. The number of Topliss-reactive ketones (excluding diaryl/α,β-unsaturated/α-hetero) is 2. The smallest absolute Gasteiger partial charge is 0.135 e. The summed E-state index contributed by atoms with van der Waals surface area (Å²) in [4.78, 5) is 22.6. The van der Waals surface area contributed by atoms with Crippen molar-refractivity contribution in [2.75, 3.05) is 0 Å². The van der Waals surface area contributed by atoms with Gasteiger partial charge in [-0.1, -0.05) is 27.7 Å². The highest BCUT2D eigenvalue weighted by Gasteiger charge is 2.10. The first-order chi connectivity index (χ1) is 6.43. The third kappa shape index (κ3) is 6.81. The summed E-state index contributed by atoms with van der Waals surface area (Å²) in [5.74, 6) is 1.06. The van der Waals surface area contributed by atoms with E-state index >= 15 is 0 Å². The Morgan fingerprint density at radius 1 is 0.929 bits per heavy atom. The van der Waals surface area contributed by atoms with Crippen molar-refractivity contribution >= 4 is 11.6 Å². The highest BCUT2D eigenvalue weighted by molar-refractivity contribution is 5.86. The molecule has 2 heteroatoms. The van der Waals surface area contributed by atoms with Gasteiger partial charge < -0.3 is 0 Å². The molecule has 0 aromatic carbocycles. The van der Waals surface area contributed by atoms with Crippen LogP contribution in [0.4, 0.5) is 0 Å². The molecule has 0 amide bonds. The van der Waals surface area contributed by atoms with Crippen molar-refractivity contribution in [3.63, 3.8) is 0 Å². The van der Waals surface area contributed by atoms with E-state index in [-0.39, 0.29) is 17.5 Å². The minimum Gasteiger partial charge on any atom is -0.300 e. The molecular formula is C12H22O2. The van der Waals surface area contributed by atoms with Gasteiger partial charge in [0, 0.05) is 25.2 Å². The van der Waals surface area contributed by atoms with Crippen LogP contribution in [0.2, 0.25) is 0 Å². The standard InChI is InChI=1S/C12H22O2/c1-9(2)5-6-11(13)7-8-12(14)10(3)4/h9-10H,5-8H2,1-4H3. The Morgan fingerprint density at radius 2 is 1.50 bits per heavy atom. The maximum absolute atomic E-state index is 11.3. The zero-order valence-electron chi connectivity index (χ0n) is 9.80. The average molecular weight is 198 g/mol. The third-order valence-electron chi connectivity index (χ3n) is 2.29. The molecule has 0 radical (unpaired) electrons. The van der Waals surface area contributed by atoms with Crippen LogP contribution in [0.3, 0.4) is 0 Å². The molecule has 0 aliphatic heterocycles. The van der Waals surface area contributed by atoms with Crippen molar-refractivity contribution in [1.29, 1.82) is 0 Å². The maximum atomic E-state index is 11.3. The van der Waals surface area contributed by atoms with Gasteiger partial charge in [0.1, 0.15) is 11.6 Å². The van der Waals surface area contributed by atoms with Gasteiger partial charge in [-0.2, -0.15) is 0 Å². The van der Waals surface area contributed by atoms with Crippen LogP contribution >= 0.6 is 0 Å². The summed E-state index contributed by atoms with van der Waals surface area (Å²) < 4.78 is 0. The molecule has 0 atom stereocenters. The highest BCUT2D eigenvalue weighted by atomic mass is 16.1. The third-order valence-corrected chi connectivity index (χ3v) is 2.29. The van der Waals surface area contributed by atoms with E-state index < -0.39 is 0 Å². The molecule has 0 N–H and O–H groups in total. The fourth-order valence-corrected chi connectivity index (χ4v) is 1.13. The van der Waals surface area contributed by atoms with Crippen LogP contribution < -0.4 is 0 Å². The second kappa shape index (κ2) is 6.74. The molecule has 82 valence electrons. The minimum atomic E-state index is 0.0629. The number of carbonyl (C=O) groups is 2. The van der Waals surface area contributed by atoms with Crippen LogP contribution in [-0.4, -0.2) is 11.6 Å². The number of carbonyl (C=O) groups excluding carboxylic acids is 2. The molecule has 2 nitrogen and oxygen atoms in total. The van der Waals surface area contributed by atoms with Crippen LogP contribution in [0, 0.1) is 11.8 Å². The average Bonchev–Trinajstić information content (AvgIpc) is 2.10. The second-order valence-corrected chi connectivity index (χ2v) is 4.59. The fraction of sp³-hybridized carbons (Fsp3) is 0.833. The van der Waals surface area contributed by atoms with Gasteiger partial charge >= 0.3 is 0 Å². The lowest BCUT2D eigenvalue weighted by molar-refractivity contribution is -0.126. The molecule has 0 aliphatic carbocycles. The van der Waals surface area contributed by atoms with E-state index in [0.717, 1.165) is 6.42 Å². The molecule has 0 aliphatic rings. The molecular weight excluding hydrogens is 176 g/mol. The lowest BCUT2D eigenvalue weighted by Gasteiger charge is -2.05. The van der Waals surface area contributed by atoms with Gasteiger partial charge in [-0.05, 0) is 12.3 Å². The number of rotatable bonds is 7. The summed E-state index contributed by atoms with van der Waals surface area (Å²) >= 11 is 0. The predicted molar refractivity (Wildman–Crippen MR) is 58.2 cm³/mol. The van der Waals surface area contributed by atoms with E-state index in [9.17, 15) is 9.59 Å². The summed E-state index contributed by atoms with van der Waals surface area (Å²) in [5.41, 5.74) is 0. The van der Waals surface area contributed by atoms with Crippen LogP contribution in [0.1, 0.15) is 53.4 Å². The van der Waals surface area contributed by atoms with E-state index in [2.05, 4.69) is 13.8 Å². The maximum Gasteiger partial charge on any atom is 0.135 e. The van der Waals surface area contributed by atoms with Crippen molar-refractivity contribution in [2.45, 2.75) is 53.4 Å². The Kier molecular flexibility index (Phi) is 6.43. The fourth-order valence-electron chi connectivity index (χ4n) is 1.13.